The average molecular weight is 480 g/mol. The molecule has 0 heterocycles. The zero-order valence-corrected chi connectivity index (χ0v) is 18.0. The summed E-state index contributed by atoms with van der Waals surface area (Å²) in [6, 6.07) is 20.6. The zero-order chi connectivity index (χ0) is 22.2. The highest BCUT2D eigenvalue weighted by Gasteiger charge is 2.15. The lowest BCUT2D eigenvalue weighted by Crippen LogP contribution is -2.32. The number of aryl methyl sites for hydroxylation is 1. The van der Waals surface area contributed by atoms with Crippen LogP contribution in [-0.4, -0.2) is 24.0 Å². The highest BCUT2D eigenvalue weighted by molar-refractivity contribution is 9.10. The summed E-state index contributed by atoms with van der Waals surface area (Å²) < 4.78 is 6.23. The molecule has 0 fully saturated rings. The van der Waals surface area contributed by atoms with E-state index in [1.165, 1.54) is 6.21 Å². The first-order valence-electron chi connectivity index (χ1n) is 9.21. The van der Waals surface area contributed by atoms with Gasteiger partial charge in [0.2, 0.25) is 0 Å². The highest BCUT2D eigenvalue weighted by Crippen LogP contribution is 2.23. The van der Waals surface area contributed by atoms with E-state index in [1.54, 1.807) is 60.7 Å². The SMILES string of the molecule is Cc1ccccc1C(=O)Oc1ccc(Br)cc1/C=N\NC(=O)C(=O)Nc1ccccc1. The van der Waals surface area contributed by atoms with Crippen LogP contribution < -0.4 is 15.5 Å². The van der Waals surface area contributed by atoms with Gasteiger partial charge in [0.25, 0.3) is 0 Å². The Morgan fingerprint density at radius 1 is 0.935 bits per heavy atom. The van der Waals surface area contributed by atoms with E-state index in [0.717, 1.165) is 10.0 Å². The molecule has 2 amide bonds. The second-order valence-electron chi connectivity index (χ2n) is 6.41. The largest absolute Gasteiger partial charge is 0.422 e. The van der Waals surface area contributed by atoms with Crippen LogP contribution in [0.3, 0.4) is 0 Å². The van der Waals surface area contributed by atoms with Crippen molar-refractivity contribution < 1.29 is 19.1 Å². The van der Waals surface area contributed by atoms with Crippen LogP contribution >= 0.6 is 15.9 Å². The van der Waals surface area contributed by atoms with E-state index in [1.807, 2.05) is 19.1 Å². The van der Waals surface area contributed by atoms with E-state index < -0.39 is 17.8 Å². The predicted molar refractivity (Wildman–Crippen MR) is 121 cm³/mol. The van der Waals surface area contributed by atoms with E-state index in [9.17, 15) is 14.4 Å². The van der Waals surface area contributed by atoms with Crippen molar-refractivity contribution in [2.24, 2.45) is 5.10 Å². The molecule has 0 radical (unpaired) electrons. The van der Waals surface area contributed by atoms with Gasteiger partial charge in [-0.3, -0.25) is 9.59 Å². The van der Waals surface area contributed by atoms with E-state index in [4.69, 9.17) is 4.74 Å². The summed E-state index contributed by atoms with van der Waals surface area (Å²) in [5.41, 5.74) is 4.31. The average Bonchev–Trinajstić information content (AvgIpc) is 2.76. The molecule has 3 aromatic rings. The molecule has 2 N–H and O–H groups in total. The number of nitrogens with zero attached hydrogens (tertiary/aromatic N) is 1. The Morgan fingerprint density at radius 3 is 2.39 bits per heavy atom. The van der Waals surface area contributed by atoms with Crippen molar-refractivity contribution in [2.45, 2.75) is 6.92 Å². The molecule has 156 valence electrons. The zero-order valence-electron chi connectivity index (χ0n) is 16.5. The van der Waals surface area contributed by atoms with Gasteiger partial charge in [-0.2, -0.15) is 5.10 Å². The maximum absolute atomic E-state index is 12.5. The molecule has 0 saturated heterocycles. The van der Waals surface area contributed by atoms with Gasteiger partial charge in [0.1, 0.15) is 5.75 Å². The van der Waals surface area contributed by atoms with Gasteiger partial charge in [0.05, 0.1) is 11.8 Å². The van der Waals surface area contributed by atoms with Crippen molar-refractivity contribution in [3.05, 3.63) is 94.0 Å². The number of carbonyl (C=O) groups is 3. The van der Waals surface area contributed by atoms with E-state index >= 15 is 0 Å². The molecule has 7 nitrogen and oxygen atoms in total. The molecular weight excluding hydrogens is 462 g/mol. The van der Waals surface area contributed by atoms with Crippen molar-refractivity contribution in [2.75, 3.05) is 5.32 Å². The minimum Gasteiger partial charge on any atom is -0.422 e. The van der Waals surface area contributed by atoms with Gasteiger partial charge in [0, 0.05) is 15.7 Å². The molecule has 3 rings (SSSR count). The molecular formula is C23H18BrN3O4. The fourth-order valence-electron chi connectivity index (χ4n) is 2.59. The predicted octanol–water partition coefficient (Wildman–Crippen LogP) is 4.07. The fourth-order valence-corrected chi connectivity index (χ4v) is 2.97. The Morgan fingerprint density at radius 2 is 1.65 bits per heavy atom. The lowest BCUT2D eigenvalue weighted by Gasteiger charge is -2.09. The summed E-state index contributed by atoms with van der Waals surface area (Å²) in [5.74, 6) is -2.05. The monoisotopic (exact) mass is 479 g/mol. The Balaban J connectivity index is 1.68. The lowest BCUT2D eigenvalue weighted by molar-refractivity contribution is -0.136. The second kappa shape index (κ2) is 10.3. The molecule has 3 aromatic carbocycles. The number of para-hydroxylation sites is 1. The number of nitrogens with one attached hydrogen (secondary N) is 2. The minimum absolute atomic E-state index is 0.253. The van der Waals surface area contributed by atoms with Gasteiger partial charge in [-0.05, 0) is 48.9 Å². The third-order valence-corrected chi connectivity index (χ3v) is 4.64. The Labute approximate surface area is 187 Å². The lowest BCUT2D eigenvalue weighted by atomic mass is 10.1. The van der Waals surface area contributed by atoms with Crippen LogP contribution in [-0.2, 0) is 9.59 Å². The van der Waals surface area contributed by atoms with Crippen molar-refractivity contribution in [3.8, 4) is 5.75 Å². The topological polar surface area (TPSA) is 96.9 Å². The molecule has 0 aromatic heterocycles. The Hall–Kier alpha value is -3.78. The van der Waals surface area contributed by atoms with Gasteiger partial charge >= 0.3 is 17.8 Å². The molecule has 0 unspecified atom stereocenters. The van der Waals surface area contributed by atoms with Crippen molar-refractivity contribution in [3.63, 3.8) is 0 Å². The van der Waals surface area contributed by atoms with Crippen LogP contribution in [0, 0.1) is 6.92 Å². The Kier molecular flexibility index (Phi) is 7.29. The van der Waals surface area contributed by atoms with Gasteiger partial charge < -0.3 is 10.1 Å². The Bertz CT molecular complexity index is 1150. The van der Waals surface area contributed by atoms with Crippen molar-refractivity contribution in [1.82, 2.24) is 5.43 Å². The van der Waals surface area contributed by atoms with E-state index in [-0.39, 0.29) is 5.75 Å². The summed E-state index contributed by atoms with van der Waals surface area (Å²) >= 11 is 3.35. The van der Waals surface area contributed by atoms with Crippen LogP contribution in [0.4, 0.5) is 5.69 Å². The number of hydrogen-bond acceptors (Lipinski definition) is 5. The van der Waals surface area contributed by atoms with Gasteiger partial charge in [-0.1, -0.05) is 52.3 Å². The standard InChI is InChI=1S/C23H18BrN3O4/c1-15-7-5-6-10-19(15)23(30)31-20-12-11-17(24)13-16(20)14-25-27-22(29)21(28)26-18-8-3-2-4-9-18/h2-14H,1H3,(H,26,28)(H,27,29)/b25-14-. The molecule has 0 aliphatic carbocycles. The third-order valence-electron chi connectivity index (χ3n) is 4.15. The molecule has 0 aliphatic rings. The number of halogens is 1. The smallest absolute Gasteiger partial charge is 0.343 e. The molecule has 0 spiro atoms. The first kappa shape index (κ1) is 21.9. The second-order valence-corrected chi connectivity index (χ2v) is 7.32. The summed E-state index contributed by atoms with van der Waals surface area (Å²) in [5, 5.41) is 6.26. The third kappa shape index (κ3) is 6.10. The maximum Gasteiger partial charge on any atom is 0.343 e. The molecule has 8 heteroatoms. The number of ether oxygens (including phenoxy) is 1. The molecule has 0 bridgehead atoms. The minimum atomic E-state index is -0.937. The van der Waals surface area contributed by atoms with Gasteiger partial charge in [0.15, 0.2) is 0 Å². The number of amides is 2. The summed E-state index contributed by atoms with van der Waals surface area (Å²) in [6.07, 6.45) is 1.29. The molecule has 0 atom stereocenters. The summed E-state index contributed by atoms with van der Waals surface area (Å²) in [4.78, 5) is 36.4. The van der Waals surface area contributed by atoms with Crippen LogP contribution in [0.5, 0.6) is 5.75 Å². The molecule has 31 heavy (non-hydrogen) atoms. The number of hydrazone groups is 1. The first-order chi connectivity index (χ1) is 14.9. The first-order valence-corrected chi connectivity index (χ1v) is 10.00. The fraction of sp³-hybridized carbons (Fsp3) is 0.0435. The number of hydrogen-bond donors (Lipinski definition) is 2. The number of benzene rings is 3. The van der Waals surface area contributed by atoms with Crippen LogP contribution in [0.2, 0.25) is 0 Å². The number of esters is 1. The molecule has 0 aliphatic heterocycles. The van der Waals surface area contributed by atoms with Crippen molar-refractivity contribution in [1.29, 1.82) is 0 Å². The van der Waals surface area contributed by atoms with Crippen LogP contribution in [0.1, 0.15) is 21.5 Å². The number of anilines is 1. The van der Waals surface area contributed by atoms with Gasteiger partial charge in [-0.25, -0.2) is 10.2 Å². The number of carbonyl (C=O) groups excluding carboxylic acids is 3. The highest BCUT2D eigenvalue weighted by atomic mass is 79.9. The van der Waals surface area contributed by atoms with E-state index in [2.05, 4.69) is 31.8 Å². The normalized spacial score (nSPS) is 10.5. The summed E-state index contributed by atoms with van der Waals surface area (Å²) in [7, 11) is 0. The van der Waals surface area contributed by atoms with E-state index in [0.29, 0.717) is 16.8 Å². The maximum atomic E-state index is 12.5. The van der Waals surface area contributed by atoms with Gasteiger partial charge in [-0.15, -0.1) is 0 Å². The summed E-state index contributed by atoms with van der Waals surface area (Å²) in [6.45, 7) is 1.82. The van der Waals surface area contributed by atoms with Crippen molar-refractivity contribution >= 4 is 45.6 Å². The number of rotatable bonds is 5. The van der Waals surface area contributed by atoms with Crippen LogP contribution in [0.15, 0.2) is 82.4 Å². The quantitative estimate of drug-likeness (QED) is 0.189. The molecule has 0 saturated carbocycles. The van der Waals surface area contributed by atoms with Crippen LogP contribution in [0.25, 0.3) is 0 Å².